The molecule has 0 fully saturated rings. The molecule has 0 aliphatic heterocycles. The quantitative estimate of drug-likeness (QED) is 0.789. The van der Waals surface area contributed by atoms with Crippen LogP contribution in [-0.4, -0.2) is 5.16 Å². The number of rotatable bonds is 4. The second kappa shape index (κ2) is 5.71. The van der Waals surface area contributed by atoms with Crippen molar-refractivity contribution in [2.24, 2.45) is 0 Å². The lowest BCUT2D eigenvalue weighted by atomic mass is 10.1. The molecule has 3 rings (SSSR count). The van der Waals surface area contributed by atoms with Gasteiger partial charge in [0.1, 0.15) is 18.1 Å². The van der Waals surface area contributed by atoms with Gasteiger partial charge in [0.25, 0.3) is 0 Å². The van der Waals surface area contributed by atoms with Crippen molar-refractivity contribution in [1.82, 2.24) is 5.16 Å². The molecule has 0 saturated heterocycles. The Hall–Kier alpha value is -2.75. The first-order valence-electron chi connectivity index (χ1n) is 6.72. The minimum absolute atomic E-state index is 0.312. The Balaban J connectivity index is 1.75. The highest BCUT2D eigenvalue weighted by atomic mass is 16.5. The standard InChI is InChI=1S/C17H16N2O2/c1-12-9-14(15-10-17(18)21-19-15)7-8-16(12)20-11-13-5-3-2-4-6-13/h2-10H,11,18H2,1H3. The van der Waals surface area contributed by atoms with Gasteiger partial charge in [-0.05, 0) is 36.2 Å². The van der Waals surface area contributed by atoms with Crippen LogP contribution in [0.3, 0.4) is 0 Å². The van der Waals surface area contributed by atoms with Gasteiger partial charge in [0, 0.05) is 11.6 Å². The zero-order valence-electron chi connectivity index (χ0n) is 11.7. The van der Waals surface area contributed by atoms with E-state index in [2.05, 4.69) is 5.16 Å². The van der Waals surface area contributed by atoms with Crippen LogP contribution < -0.4 is 10.5 Å². The van der Waals surface area contributed by atoms with E-state index in [1.165, 1.54) is 0 Å². The highest BCUT2D eigenvalue weighted by molar-refractivity contribution is 5.63. The van der Waals surface area contributed by atoms with Gasteiger partial charge in [-0.15, -0.1) is 0 Å². The maximum Gasteiger partial charge on any atom is 0.222 e. The van der Waals surface area contributed by atoms with Crippen LogP contribution >= 0.6 is 0 Å². The number of benzene rings is 2. The summed E-state index contributed by atoms with van der Waals surface area (Å²) in [6.07, 6.45) is 0. The fourth-order valence-corrected chi connectivity index (χ4v) is 2.13. The summed E-state index contributed by atoms with van der Waals surface area (Å²) in [4.78, 5) is 0. The molecule has 0 aliphatic rings. The van der Waals surface area contributed by atoms with E-state index in [9.17, 15) is 0 Å². The molecule has 1 aromatic heterocycles. The molecule has 106 valence electrons. The first-order chi connectivity index (χ1) is 10.2. The van der Waals surface area contributed by atoms with Gasteiger partial charge in [-0.2, -0.15) is 0 Å². The number of nitrogens with zero attached hydrogens (tertiary/aromatic N) is 1. The molecular weight excluding hydrogens is 264 g/mol. The lowest BCUT2D eigenvalue weighted by molar-refractivity contribution is 0.304. The number of hydrogen-bond acceptors (Lipinski definition) is 4. The van der Waals surface area contributed by atoms with Crippen molar-refractivity contribution in [3.8, 4) is 17.0 Å². The molecule has 1 heterocycles. The molecule has 0 saturated carbocycles. The summed E-state index contributed by atoms with van der Waals surface area (Å²) in [6.45, 7) is 2.56. The minimum atomic E-state index is 0.312. The highest BCUT2D eigenvalue weighted by Crippen LogP contribution is 2.27. The minimum Gasteiger partial charge on any atom is -0.489 e. The Morgan fingerprint density at radius 2 is 1.90 bits per heavy atom. The van der Waals surface area contributed by atoms with Gasteiger partial charge in [0.2, 0.25) is 5.88 Å². The Labute approximate surface area is 123 Å². The molecule has 2 aromatic carbocycles. The summed E-state index contributed by atoms with van der Waals surface area (Å²) < 4.78 is 10.7. The summed E-state index contributed by atoms with van der Waals surface area (Å²) >= 11 is 0. The summed E-state index contributed by atoms with van der Waals surface area (Å²) in [7, 11) is 0. The fourth-order valence-electron chi connectivity index (χ4n) is 2.13. The van der Waals surface area contributed by atoms with Crippen LogP contribution in [0.5, 0.6) is 5.75 Å². The summed E-state index contributed by atoms with van der Waals surface area (Å²) in [5.74, 6) is 1.17. The van der Waals surface area contributed by atoms with Crippen LogP contribution in [0, 0.1) is 6.92 Å². The molecule has 21 heavy (non-hydrogen) atoms. The van der Waals surface area contributed by atoms with Gasteiger partial charge >= 0.3 is 0 Å². The van der Waals surface area contributed by atoms with Gasteiger partial charge in [-0.1, -0.05) is 35.5 Å². The van der Waals surface area contributed by atoms with E-state index in [0.717, 1.165) is 28.1 Å². The van der Waals surface area contributed by atoms with Gasteiger partial charge in [-0.25, -0.2) is 0 Å². The van der Waals surface area contributed by atoms with Crippen LogP contribution in [0.15, 0.2) is 59.1 Å². The van der Waals surface area contributed by atoms with Crippen molar-refractivity contribution >= 4 is 5.88 Å². The fraction of sp³-hybridized carbons (Fsp3) is 0.118. The number of anilines is 1. The third-order valence-corrected chi connectivity index (χ3v) is 3.24. The molecule has 0 unspecified atom stereocenters. The van der Waals surface area contributed by atoms with Crippen molar-refractivity contribution in [2.45, 2.75) is 13.5 Å². The molecule has 0 spiro atoms. The molecule has 0 aliphatic carbocycles. The Bertz CT molecular complexity index is 736. The zero-order chi connectivity index (χ0) is 14.7. The van der Waals surface area contributed by atoms with Crippen LogP contribution in [0.4, 0.5) is 5.88 Å². The average Bonchev–Trinajstić information content (AvgIpc) is 2.93. The van der Waals surface area contributed by atoms with Crippen LogP contribution in [0.2, 0.25) is 0 Å². The van der Waals surface area contributed by atoms with Crippen LogP contribution in [0.25, 0.3) is 11.3 Å². The molecular formula is C17H16N2O2. The first-order valence-corrected chi connectivity index (χ1v) is 6.72. The topological polar surface area (TPSA) is 61.3 Å². The molecule has 3 aromatic rings. The highest BCUT2D eigenvalue weighted by Gasteiger charge is 2.07. The predicted octanol–water partition coefficient (Wildman–Crippen LogP) is 3.81. The second-order valence-corrected chi connectivity index (χ2v) is 4.87. The normalized spacial score (nSPS) is 10.5. The summed E-state index contributed by atoms with van der Waals surface area (Å²) in [5, 5.41) is 3.91. The van der Waals surface area contributed by atoms with Gasteiger partial charge in [0.05, 0.1) is 0 Å². The first kappa shape index (κ1) is 13.2. The van der Waals surface area contributed by atoms with E-state index in [0.29, 0.717) is 12.5 Å². The maximum atomic E-state index is 5.85. The van der Waals surface area contributed by atoms with E-state index in [1.807, 2.05) is 55.5 Å². The second-order valence-electron chi connectivity index (χ2n) is 4.87. The third-order valence-electron chi connectivity index (χ3n) is 3.24. The number of nitrogens with two attached hydrogens (primary N) is 1. The summed E-state index contributed by atoms with van der Waals surface area (Å²) in [6, 6.07) is 17.7. The lowest BCUT2D eigenvalue weighted by Crippen LogP contribution is -1.96. The van der Waals surface area contributed by atoms with Gasteiger partial charge in [0.15, 0.2) is 0 Å². The number of nitrogen functional groups attached to an aromatic ring is 1. The molecule has 0 bridgehead atoms. The Kier molecular flexibility index (Phi) is 3.60. The van der Waals surface area contributed by atoms with Gasteiger partial charge < -0.3 is 15.0 Å². The van der Waals surface area contributed by atoms with E-state index in [4.69, 9.17) is 15.0 Å². The lowest BCUT2D eigenvalue weighted by Gasteiger charge is -2.10. The molecule has 2 N–H and O–H groups in total. The Morgan fingerprint density at radius 1 is 1.10 bits per heavy atom. The number of aryl methyl sites for hydroxylation is 1. The number of aromatic nitrogens is 1. The predicted molar refractivity (Wildman–Crippen MR) is 81.9 cm³/mol. The molecule has 4 nitrogen and oxygen atoms in total. The molecule has 4 heteroatoms. The van der Waals surface area contributed by atoms with E-state index in [1.54, 1.807) is 6.07 Å². The smallest absolute Gasteiger partial charge is 0.222 e. The largest absolute Gasteiger partial charge is 0.489 e. The SMILES string of the molecule is Cc1cc(-c2cc(N)on2)ccc1OCc1ccccc1. The van der Waals surface area contributed by atoms with E-state index >= 15 is 0 Å². The van der Waals surface area contributed by atoms with Crippen molar-refractivity contribution in [1.29, 1.82) is 0 Å². The van der Waals surface area contributed by atoms with Crippen molar-refractivity contribution in [2.75, 3.05) is 5.73 Å². The summed E-state index contributed by atoms with van der Waals surface area (Å²) in [5.41, 5.74) is 9.42. The Morgan fingerprint density at radius 3 is 2.57 bits per heavy atom. The van der Waals surface area contributed by atoms with E-state index < -0.39 is 0 Å². The van der Waals surface area contributed by atoms with Crippen molar-refractivity contribution in [3.05, 3.63) is 65.7 Å². The number of hydrogen-bond donors (Lipinski definition) is 1. The monoisotopic (exact) mass is 280 g/mol. The van der Waals surface area contributed by atoms with Crippen molar-refractivity contribution < 1.29 is 9.26 Å². The van der Waals surface area contributed by atoms with Crippen LogP contribution in [0.1, 0.15) is 11.1 Å². The molecule has 0 radical (unpaired) electrons. The zero-order valence-corrected chi connectivity index (χ0v) is 11.7. The number of ether oxygens (including phenoxy) is 1. The third kappa shape index (κ3) is 3.05. The van der Waals surface area contributed by atoms with Crippen LogP contribution in [-0.2, 0) is 6.61 Å². The van der Waals surface area contributed by atoms with Gasteiger partial charge in [-0.3, -0.25) is 0 Å². The average molecular weight is 280 g/mol. The van der Waals surface area contributed by atoms with E-state index in [-0.39, 0.29) is 0 Å². The molecule has 0 amide bonds. The maximum absolute atomic E-state index is 5.85. The molecule has 0 atom stereocenters. The van der Waals surface area contributed by atoms with Crippen molar-refractivity contribution in [3.63, 3.8) is 0 Å².